The smallest absolute Gasteiger partial charge is 0.160 e. The van der Waals surface area contributed by atoms with Gasteiger partial charge in [-0.15, -0.1) is 0 Å². The van der Waals surface area contributed by atoms with Gasteiger partial charge in [0.1, 0.15) is 0 Å². The van der Waals surface area contributed by atoms with Crippen LogP contribution in [0.1, 0.15) is 25.0 Å². The molecule has 11 aromatic rings. The van der Waals surface area contributed by atoms with Crippen LogP contribution in [0.25, 0.3) is 110 Å². The molecule has 0 radical (unpaired) electrons. The summed E-state index contributed by atoms with van der Waals surface area (Å²) in [5.74, 6) is 0.710. The fourth-order valence-electron chi connectivity index (χ4n) is 9.97. The molecular formula is C57H38N2. The highest BCUT2D eigenvalue weighted by molar-refractivity contribution is 6.25. The van der Waals surface area contributed by atoms with Gasteiger partial charge in [-0.2, -0.15) is 0 Å². The summed E-state index contributed by atoms with van der Waals surface area (Å²) in [6, 6.07) is 70.7. The molecule has 2 nitrogen and oxygen atoms in total. The number of nitrogens with zero attached hydrogens (tertiary/aromatic N) is 2. The van der Waals surface area contributed by atoms with Crippen molar-refractivity contribution in [2.24, 2.45) is 0 Å². The Balaban J connectivity index is 1.07. The molecule has 1 aliphatic carbocycles. The van der Waals surface area contributed by atoms with Crippen LogP contribution in [-0.2, 0) is 5.41 Å². The van der Waals surface area contributed by atoms with E-state index < -0.39 is 0 Å². The number of hydrogen-bond acceptors (Lipinski definition) is 2. The van der Waals surface area contributed by atoms with E-state index >= 15 is 0 Å². The minimum Gasteiger partial charge on any atom is -0.228 e. The third-order valence-corrected chi connectivity index (χ3v) is 12.9. The first-order valence-corrected chi connectivity index (χ1v) is 20.5. The monoisotopic (exact) mass is 750 g/mol. The lowest BCUT2D eigenvalue weighted by molar-refractivity contribution is 0.661. The normalized spacial score (nSPS) is 13.1. The molecule has 0 atom stereocenters. The molecule has 0 spiro atoms. The molecule has 0 bridgehead atoms. The molecular weight excluding hydrogens is 713 g/mol. The number of rotatable bonds is 4. The first-order valence-electron chi connectivity index (χ1n) is 20.5. The maximum atomic E-state index is 5.33. The molecule has 0 N–H and O–H groups in total. The molecule has 1 aromatic heterocycles. The Labute approximate surface area is 343 Å². The van der Waals surface area contributed by atoms with Crippen molar-refractivity contribution in [3.05, 3.63) is 205 Å². The van der Waals surface area contributed by atoms with Gasteiger partial charge in [-0.25, -0.2) is 9.97 Å². The third-order valence-electron chi connectivity index (χ3n) is 12.9. The summed E-state index contributed by atoms with van der Waals surface area (Å²) in [4.78, 5) is 10.6. The molecule has 276 valence electrons. The summed E-state index contributed by atoms with van der Waals surface area (Å²) in [6.45, 7) is 4.74. The maximum Gasteiger partial charge on any atom is 0.160 e. The highest BCUT2D eigenvalue weighted by Gasteiger charge is 2.37. The van der Waals surface area contributed by atoms with Crippen LogP contribution < -0.4 is 0 Å². The van der Waals surface area contributed by atoms with Crippen molar-refractivity contribution >= 4 is 53.9 Å². The van der Waals surface area contributed by atoms with E-state index in [0.717, 1.165) is 28.1 Å². The molecule has 10 aromatic carbocycles. The highest BCUT2D eigenvalue weighted by Crippen LogP contribution is 2.54. The lowest BCUT2D eigenvalue weighted by Crippen LogP contribution is -2.14. The number of hydrogen-bond donors (Lipinski definition) is 0. The molecule has 0 amide bonds. The van der Waals surface area contributed by atoms with E-state index in [1.54, 1.807) is 0 Å². The lowest BCUT2D eigenvalue weighted by atomic mass is 9.81. The summed E-state index contributed by atoms with van der Waals surface area (Å²) in [6.07, 6.45) is 0. The molecule has 1 aliphatic rings. The molecule has 2 heteroatoms. The predicted octanol–water partition coefficient (Wildman–Crippen LogP) is 15.2. The Hall–Kier alpha value is -7.42. The fourth-order valence-corrected chi connectivity index (χ4v) is 9.97. The minimum atomic E-state index is -0.117. The molecule has 12 rings (SSSR count). The van der Waals surface area contributed by atoms with Gasteiger partial charge in [-0.05, 0) is 112 Å². The Bertz CT molecular complexity index is 3490. The van der Waals surface area contributed by atoms with Crippen molar-refractivity contribution in [2.45, 2.75) is 19.3 Å². The molecule has 0 fully saturated rings. The standard InChI is InChI=1S/C57H38N2/c1-57(2)51-26-14-25-48(55(51)50-31-36-17-6-7-18-37(36)33-52(50)57)45-29-30-47(43-23-12-10-22-42(43)45)54-34-53(58-56(59-54)35-15-4-3-5-16-35)38-27-28-46-41-21-9-8-19-39(41)40-20-11-13-24-44(40)49(46)32-38/h3-34H,1-2H3. The molecule has 1 heterocycles. The zero-order chi connectivity index (χ0) is 39.2. The fraction of sp³-hybridized carbons (Fsp3) is 0.0526. The van der Waals surface area contributed by atoms with Crippen molar-refractivity contribution in [1.82, 2.24) is 9.97 Å². The summed E-state index contributed by atoms with van der Waals surface area (Å²) in [7, 11) is 0. The SMILES string of the molecule is CC1(C)c2cc3ccccc3cc2-c2c(-c3ccc(-c4cc(-c5ccc6c7ccccc7c7ccccc7c6c5)nc(-c5ccccc5)n4)c4ccccc34)cccc21. The van der Waals surface area contributed by atoms with Gasteiger partial charge < -0.3 is 0 Å². The topological polar surface area (TPSA) is 25.8 Å². The van der Waals surface area contributed by atoms with Crippen molar-refractivity contribution in [2.75, 3.05) is 0 Å². The zero-order valence-electron chi connectivity index (χ0n) is 32.9. The average Bonchev–Trinajstić information content (AvgIpc) is 3.52. The van der Waals surface area contributed by atoms with Crippen LogP contribution in [0, 0.1) is 0 Å². The van der Waals surface area contributed by atoms with Gasteiger partial charge in [0.05, 0.1) is 11.4 Å². The van der Waals surface area contributed by atoms with E-state index in [1.807, 2.05) is 6.07 Å². The quantitative estimate of drug-likeness (QED) is 0.167. The largest absolute Gasteiger partial charge is 0.228 e. The molecule has 0 unspecified atom stereocenters. The Morgan fingerprint density at radius 2 is 0.881 bits per heavy atom. The van der Waals surface area contributed by atoms with Gasteiger partial charge >= 0.3 is 0 Å². The van der Waals surface area contributed by atoms with E-state index in [0.29, 0.717) is 5.82 Å². The second-order valence-electron chi connectivity index (χ2n) is 16.5. The Morgan fingerprint density at radius 3 is 1.59 bits per heavy atom. The molecule has 59 heavy (non-hydrogen) atoms. The number of benzene rings is 10. The van der Waals surface area contributed by atoms with Crippen LogP contribution in [0.4, 0.5) is 0 Å². The second kappa shape index (κ2) is 12.8. The third kappa shape index (κ3) is 5.13. The van der Waals surface area contributed by atoms with Gasteiger partial charge in [0.2, 0.25) is 0 Å². The van der Waals surface area contributed by atoms with Gasteiger partial charge in [0.15, 0.2) is 5.82 Å². The van der Waals surface area contributed by atoms with Crippen LogP contribution >= 0.6 is 0 Å². The first kappa shape index (κ1) is 33.7. The number of aromatic nitrogens is 2. The van der Waals surface area contributed by atoms with Gasteiger partial charge in [-0.1, -0.05) is 184 Å². The summed E-state index contributed by atoms with van der Waals surface area (Å²) >= 11 is 0. The Morgan fingerprint density at radius 1 is 0.322 bits per heavy atom. The number of fused-ring (bicyclic) bond motifs is 11. The van der Waals surface area contributed by atoms with Crippen molar-refractivity contribution in [1.29, 1.82) is 0 Å². The van der Waals surface area contributed by atoms with Crippen LogP contribution in [0.3, 0.4) is 0 Å². The van der Waals surface area contributed by atoms with E-state index in [1.165, 1.54) is 87.2 Å². The first-order chi connectivity index (χ1) is 29.0. The molecule has 0 aliphatic heterocycles. The highest BCUT2D eigenvalue weighted by atomic mass is 14.9. The van der Waals surface area contributed by atoms with Gasteiger partial charge in [0.25, 0.3) is 0 Å². The average molecular weight is 751 g/mol. The minimum absolute atomic E-state index is 0.117. The maximum absolute atomic E-state index is 5.33. The van der Waals surface area contributed by atoms with Crippen LogP contribution in [0.2, 0.25) is 0 Å². The summed E-state index contributed by atoms with van der Waals surface area (Å²) in [5.41, 5.74) is 12.7. The van der Waals surface area contributed by atoms with Crippen molar-refractivity contribution < 1.29 is 0 Å². The van der Waals surface area contributed by atoms with Crippen LogP contribution in [0.15, 0.2) is 194 Å². The lowest BCUT2D eigenvalue weighted by Gasteiger charge is -2.22. The van der Waals surface area contributed by atoms with Gasteiger partial charge in [0, 0.05) is 22.1 Å². The van der Waals surface area contributed by atoms with Crippen molar-refractivity contribution in [3.8, 4) is 56.2 Å². The van der Waals surface area contributed by atoms with Crippen LogP contribution in [0.5, 0.6) is 0 Å². The predicted molar refractivity (Wildman–Crippen MR) is 249 cm³/mol. The second-order valence-corrected chi connectivity index (χ2v) is 16.5. The van der Waals surface area contributed by atoms with Crippen molar-refractivity contribution in [3.63, 3.8) is 0 Å². The van der Waals surface area contributed by atoms with Gasteiger partial charge in [-0.3, -0.25) is 0 Å². The Kier molecular flexibility index (Phi) is 7.31. The van der Waals surface area contributed by atoms with E-state index in [4.69, 9.17) is 9.97 Å². The van der Waals surface area contributed by atoms with E-state index in [2.05, 4.69) is 202 Å². The zero-order valence-corrected chi connectivity index (χ0v) is 32.9. The van der Waals surface area contributed by atoms with E-state index in [9.17, 15) is 0 Å². The summed E-state index contributed by atoms with van der Waals surface area (Å²) < 4.78 is 0. The van der Waals surface area contributed by atoms with E-state index in [-0.39, 0.29) is 5.41 Å². The molecule has 0 saturated heterocycles. The molecule has 0 saturated carbocycles. The van der Waals surface area contributed by atoms with Crippen LogP contribution in [-0.4, -0.2) is 9.97 Å². The summed E-state index contributed by atoms with van der Waals surface area (Å²) in [5, 5.41) is 12.4.